The van der Waals surface area contributed by atoms with Crippen molar-refractivity contribution in [3.63, 3.8) is 0 Å². The van der Waals surface area contributed by atoms with Gasteiger partial charge in [0.2, 0.25) is 5.91 Å². The van der Waals surface area contributed by atoms with Crippen molar-refractivity contribution >= 4 is 11.8 Å². The second-order valence-electron chi connectivity index (χ2n) is 6.33. The van der Waals surface area contributed by atoms with Gasteiger partial charge in [0.15, 0.2) is 0 Å². The lowest BCUT2D eigenvalue weighted by molar-refractivity contribution is -0.128. The van der Waals surface area contributed by atoms with Crippen LogP contribution in [0.5, 0.6) is 0 Å². The van der Waals surface area contributed by atoms with Crippen LogP contribution in [0.4, 0.5) is 0 Å². The number of carbonyl (C=O) groups is 2. The topological polar surface area (TPSA) is 75.4 Å². The van der Waals surface area contributed by atoms with Crippen LogP contribution < -0.4 is 11.1 Å². The molecule has 2 fully saturated rings. The maximum atomic E-state index is 12.2. The first-order valence-electron chi connectivity index (χ1n) is 8.04. The average molecular weight is 301 g/mol. The van der Waals surface area contributed by atoms with E-state index in [1.807, 2.05) is 23.1 Å². The molecule has 1 heterocycles. The Balaban J connectivity index is 1.57. The zero-order chi connectivity index (χ0) is 15.5. The third kappa shape index (κ3) is 3.65. The van der Waals surface area contributed by atoms with Gasteiger partial charge in [-0.2, -0.15) is 0 Å². The van der Waals surface area contributed by atoms with E-state index in [1.54, 1.807) is 6.07 Å². The minimum absolute atomic E-state index is 0.0642. The first-order valence-corrected chi connectivity index (χ1v) is 8.04. The van der Waals surface area contributed by atoms with Crippen LogP contribution in [0, 0.1) is 5.92 Å². The Morgan fingerprint density at radius 2 is 2.23 bits per heavy atom. The van der Waals surface area contributed by atoms with Crippen molar-refractivity contribution in [1.29, 1.82) is 0 Å². The summed E-state index contributed by atoms with van der Waals surface area (Å²) in [6.45, 7) is 1.92. The number of benzene rings is 1. The lowest BCUT2D eigenvalue weighted by Crippen LogP contribution is -2.38. The largest absolute Gasteiger partial charge is 0.350 e. The van der Waals surface area contributed by atoms with Crippen LogP contribution in [0.2, 0.25) is 0 Å². The van der Waals surface area contributed by atoms with E-state index in [4.69, 9.17) is 5.73 Å². The fraction of sp³-hybridized carbons (Fsp3) is 0.529. The van der Waals surface area contributed by atoms with E-state index in [0.29, 0.717) is 31.0 Å². The molecule has 1 aliphatic heterocycles. The molecule has 0 radical (unpaired) electrons. The quantitative estimate of drug-likeness (QED) is 0.831. The molecule has 1 saturated heterocycles. The molecule has 3 N–H and O–H groups in total. The van der Waals surface area contributed by atoms with Gasteiger partial charge in [0.1, 0.15) is 0 Å². The van der Waals surface area contributed by atoms with E-state index in [9.17, 15) is 9.59 Å². The van der Waals surface area contributed by atoms with E-state index in [2.05, 4.69) is 5.32 Å². The highest BCUT2D eigenvalue weighted by Gasteiger charge is 2.28. The summed E-state index contributed by atoms with van der Waals surface area (Å²) in [7, 11) is 0. The Morgan fingerprint density at radius 1 is 1.41 bits per heavy atom. The van der Waals surface area contributed by atoms with Gasteiger partial charge in [0.05, 0.1) is 0 Å². The highest BCUT2D eigenvalue weighted by molar-refractivity contribution is 5.94. The number of nitrogens with two attached hydrogens (primary N) is 1. The molecule has 1 saturated carbocycles. The highest BCUT2D eigenvalue weighted by Crippen LogP contribution is 2.31. The molecule has 1 atom stereocenters. The zero-order valence-corrected chi connectivity index (χ0v) is 12.8. The summed E-state index contributed by atoms with van der Waals surface area (Å²) in [4.78, 5) is 25.7. The standard InChI is InChI=1S/C17H23N3O2/c18-15(13-6-7-13)10-19-17(22)14-4-1-3-12(9-14)11-20-8-2-5-16(20)21/h1,3-4,9,13,15H,2,5-8,10-11,18H2,(H,19,22). The molecule has 0 aromatic heterocycles. The molecule has 1 aromatic rings. The van der Waals surface area contributed by atoms with Gasteiger partial charge >= 0.3 is 0 Å². The molecule has 5 heteroatoms. The van der Waals surface area contributed by atoms with Crippen LogP contribution in [-0.2, 0) is 11.3 Å². The molecule has 1 aliphatic carbocycles. The molecule has 1 unspecified atom stereocenters. The molecule has 22 heavy (non-hydrogen) atoms. The van der Waals surface area contributed by atoms with Crippen LogP contribution in [0.1, 0.15) is 41.6 Å². The number of likely N-dealkylation sites (tertiary alicyclic amines) is 1. The number of nitrogens with one attached hydrogen (secondary N) is 1. The van der Waals surface area contributed by atoms with Gasteiger partial charge in [-0.15, -0.1) is 0 Å². The second kappa shape index (κ2) is 6.48. The smallest absolute Gasteiger partial charge is 0.251 e. The lowest BCUT2D eigenvalue weighted by atomic mass is 10.1. The normalized spacial score (nSPS) is 19.3. The van der Waals surface area contributed by atoms with Crippen LogP contribution in [0.15, 0.2) is 24.3 Å². The van der Waals surface area contributed by atoms with Gasteiger partial charge in [-0.1, -0.05) is 12.1 Å². The molecule has 2 amide bonds. The Morgan fingerprint density at radius 3 is 2.91 bits per heavy atom. The predicted molar refractivity (Wildman–Crippen MR) is 84.1 cm³/mol. The van der Waals surface area contributed by atoms with Crippen molar-refractivity contribution in [3.8, 4) is 0 Å². The molecular weight excluding hydrogens is 278 g/mol. The van der Waals surface area contributed by atoms with Crippen LogP contribution >= 0.6 is 0 Å². The van der Waals surface area contributed by atoms with Gasteiger partial charge in [-0.05, 0) is 42.9 Å². The van der Waals surface area contributed by atoms with E-state index in [0.717, 1.165) is 18.5 Å². The molecule has 0 spiro atoms. The van der Waals surface area contributed by atoms with Crippen molar-refractivity contribution in [1.82, 2.24) is 10.2 Å². The maximum Gasteiger partial charge on any atom is 0.251 e. The fourth-order valence-corrected chi connectivity index (χ4v) is 2.91. The Bertz CT molecular complexity index is 569. The first kappa shape index (κ1) is 15.0. The Kier molecular flexibility index (Phi) is 4.43. The molecule has 2 aliphatic rings. The van der Waals surface area contributed by atoms with Gasteiger partial charge in [-0.3, -0.25) is 9.59 Å². The predicted octanol–water partition coefficient (Wildman–Crippen LogP) is 1.28. The summed E-state index contributed by atoms with van der Waals surface area (Å²) >= 11 is 0. The van der Waals surface area contributed by atoms with Crippen molar-refractivity contribution in [2.24, 2.45) is 11.7 Å². The van der Waals surface area contributed by atoms with E-state index in [-0.39, 0.29) is 17.9 Å². The molecule has 3 rings (SSSR count). The van der Waals surface area contributed by atoms with Gasteiger partial charge in [0, 0.05) is 37.7 Å². The Hall–Kier alpha value is -1.88. The van der Waals surface area contributed by atoms with E-state index < -0.39 is 0 Å². The first-order chi connectivity index (χ1) is 10.6. The summed E-state index contributed by atoms with van der Waals surface area (Å²) in [5, 5.41) is 2.91. The maximum absolute atomic E-state index is 12.2. The molecule has 0 bridgehead atoms. The average Bonchev–Trinajstić information content (AvgIpc) is 3.30. The number of hydrogen-bond acceptors (Lipinski definition) is 3. The SMILES string of the molecule is NC(CNC(=O)c1cccc(CN2CCCC2=O)c1)C1CC1. The third-order valence-corrected chi connectivity index (χ3v) is 4.46. The van der Waals surface area contributed by atoms with E-state index in [1.165, 1.54) is 12.8 Å². The number of rotatable bonds is 6. The molecule has 5 nitrogen and oxygen atoms in total. The highest BCUT2D eigenvalue weighted by atomic mass is 16.2. The minimum Gasteiger partial charge on any atom is -0.350 e. The Labute approximate surface area is 130 Å². The molecule has 118 valence electrons. The molecular formula is C17H23N3O2. The molecule has 1 aromatic carbocycles. The summed E-state index contributed by atoms with van der Waals surface area (Å²) in [6, 6.07) is 7.55. The van der Waals surface area contributed by atoms with Crippen molar-refractivity contribution in [2.75, 3.05) is 13.1 Å². The number of amides is 2. The van der Waals surface area contributed by atoms with E-state index >= 15 is 0 Å². The fourth-order valence-electron chi connectivity index (χ4n) is 2.91. The number of nitrogens with zero attached hydrogens (tertiary/aromatic N) is 1. The summed E-state index contributed by atoms with van der Waals surface area (Å²) in [5.74, 6) is 0.684. The van der Waals surface area contributed by atoms with Gasteiger partial charge < -0.3 is 16.0 Å². The summed E-state index contributed by atoms with van der Waals surface area (Å²) < 4.78 is 0. The van der Waals surface area contributed by atoms with Crippen molar-refractivity contribution < 1.29 is 9.59 Å². The van der Waals surface area contributed by atoms with Crippen LogP contribution in [-0.4, -0.2) is 35.8 Å². The van der Waals surface area contributed by atoms with Crippen molar-refractivity contribution in [3.05, 3.63) is 35.4 Å². The van der Waals surface area contributed by atoms with Gasteiger partial charge in [-0.25, -0.2) is 0 Å². The summed E-state index contributed by atoms with van der Waals surface area (Å²) in [5.41, 5.74) is 7.63. The number of carbonyl (C=O) groups excluding carboxylic acids is 2. The monoisotopic (exact) mass is 301 g/mol. The lowest BCUT2D eigenvalue weighted by Gasteiger charge is -2.16. The van der Waals surface area contributed by atoms with Gasteiger partial charge in [0.25, 0.3) is 5.91 Å². The number of hydrogen-bond donors (Lipinski definition) is 2. The van der Waals surface area contributed by atoms with Crippen LogP contribution in [0.25, 0.3) is 0 Å². The van der Waals surface area contributed by atoms with Crippen LogP contribution in [0.3, 0.4) is 0 Å². The summed E-state index contributed by atoms with van der Waals surface area (Å²) in [6.07, 6.45) is 3.92. The third-order valence-electron chi connectivity index (χ3n) is 4.46. The minimum atomic E-state index is -0.0919. The van der Waals surface area contributed by atoms with Crippen molar-refractivity contribution in [2.45, 2.75) is 38.3 Å². The zero-order valence-electron chi connectivity index (χ0n) is 12.8. The second-order valence-corrected chi connectivity index (χ2v) is 6.33.